The molecule has 0 N–H and O–H groups in total. The van der Waals surface area contributed by atoms with Crippen molar-refractivity contribution in [3.8, 4) is 0 Å². The number of hydrogen-bond donors (Lipinski definition) is 0. The lowest BCUT2D eigenvalue weighted by atomic mass is 9.96. The summed E-state index contributed by atoms with van der Waals surface area (Å²) in [6.07, 6.45) is -2.18. The number of carbonyl (C=O) groups is 1. The molecule has 170 valence electrons. The zero-order chi connectivity index (χ0) is 23.0. The molecule has 11 heteroatoms. The highest BCUT2D eigenvalue weighted by Crippen LogP contribution is 2.29. The zero-order valence-corrected chi connectivity index (χ0v) is 18.4. The molecular formula is C20H25F3N4O3S. The Labute approximate surface area is 179 Å². The topological polar surface area (TPSA) is 75.5 Å². The number of aromatic nitrogens is 2. The van der Waals surface area contributed by atoms with Gasteiger partial charge in [0.05, 0.1) is 5.56 Å². The zero-order valence-electron chi connectivity index (χ0n) is 17.6. The molecule has 1 aliphatic rings. The number of rotatable bonds is 5. The third kappa shape index (κ3) is 5.09. The van der Waals surface area contributed by atoms with Gasteiger partial charge in [0, 0.05) is 45.8 Å². The molecule has 0 aliphatic carbocycles. The van der Waals surface area contributed by atoms with Crippen LogP contribution in [0.25, 0.3) is 0 Å². The van der Waals surface area contributed by atoms with Gasteiger partial charge in [0.25, 0.3) is 10.0 Å². The normalized spacial score (nSPS) is 16.5. The van der Waals surface area contributed by atoms with Crippen molar-refractivity contribution in [3.05, 3.63) is 47.4 Å². The molecule has 0 radical (unpaired) electrons. The predicted molar refractivity (Wildman–Crippen MR) is 107 cm³/mol. The van der Waals surface area contributed by atoms with Crippen molar-refractivity contribution in [2.24, 2.45) is 13.0 Å². The fourth-order valence-corrected chi connectivity index (χ4v) is 5.08. The van der Waals surface area contributed by atoms with E-state index in [-0.39, 0.29) is 36.5 Å². The highest BCUT2D eigenvalue weighted by Gasteiger charge is 2.34. The Morgan fingerprint density at radius 3 is 2.26 bits per heavy atom. The fraction of sp³-hybridized carbons (Fsp3) is 0.500. The monoisotopic (exact) mass is 458 g/mol. The lowest BCUT2D eigenvalue weighted by Crippen LogP contribution is -2.43. The van der Waals surface area contributed by atoms with Gasteiger partial charge in [-0.1, -0.05) is 12.1 Å². The van der Waals surface area contributed by atoms with E-state index in [1.807, 2.05) is 0 Å². The molecule has 0 spiro atoms. The van der Waals surface area contributed by atoms with Crippen molar-refractivity contribution >= 4 is 15.9 Å². The summed E-state index contributed by atoms with van der Waals surface area (Å²) in [6, 6.07) is 4.71. The van der Waals surface area contributed by atoms with E-state index >= 15 is 0 Å². The minimum absolute atomic E-state index is 0.00306. The third-order valence-electron chi connectivity index (χ3n) is 5.57. The molecule has 0 saturated carbocycles. The molecule has 31 heavy (non-hydrogen) atoms. The second kappa shape index (κ2) is 8.62. The first-order valence-corrected chi connectivity index (χ1v) is 11.2. The van der Waals surface area contributed by atoms with Crippen LogP contribution in [0.4, 0.5) is 13.2 Å². The molecule has 0 atom stereocenters. The van der Waals surface area contributed by atoms with Crippen LogP contribution < -0.4 is 0 Å². The van der Waals surface area contributed by atoms with Gasteiger partial charge in [0.15, 0.2) is 5.03 Å². The van der Waals surface area contributed by atoms with Crippen molar-refractivity contribution in [2.75, 3.05) is 20.1 Å². The number of alkyl halides is 3. The molecule has 1 aliphatic heterocycles. The van der Waals surface area contributed by atoms with Crippen LogP contribution in [-0.4, -0.2) is 53.2 Å². The number of benzene rings is 1. The molecular weight excluding hydrogens is 433 g/mol. The maximum Gasteiger partial charge on any atom is 0.416 e. The van der Waals surface area contributed by atoms with E-state index in [1.54, 1.807) is 25.6 Å². The number of amides is 1. The van der Waals surface area contributed by atoms with Crippen LogP contribution in [-0.2, 0) is 34.6 Å². The summed E-state index contributed by atoms with van der Waals surface area (Å²) in [7, 11) is -0.395. The summed E-state index contributed by atoms with van der Waals surface area (Å²) < 4.78 is 66.6. The van der Waals surface area contributed by atoms with Crippen LogP contribution in [0.3, 0.4) is 0 Å². The van der Waals surface area contributed by atoms with E-state index in [4.69, 9.17) is 0 Å². The number of imidazole rings is 1. The van der Waals surface area contributed by atoms with Gasteiger partial charge in [-0.3, -0.25) is 4.79 Å². The first kappa shape index (κ1) is 23.3. The van der Waals surface area contributed by atoms with Gasteiger partial charge in [0.2, 0.25) is 5.91 Å². The standard InChI is InChI=1S/C20H25F3N4O3S/c1-14-24-18(13-25(14)2)31(29,30)27-10-8-16(9-11-27)19(28)26(3)12-15-4-6-17(7-5-15)20(21,22)23/h4-7,13,16H,8-12H2,1-3H3. The number of piperidine rings is 1. The van der Waals surface area contributed by atoms with Crippen molar-refractivity contribution in [2.45, 2.75) is 37.5 Å². The molecule has 1 amide bonds. The highest BCUT2D eigenvalue weighted by atomic mass is 32.2. The number of halogens is 3. The Morgan fingerprint density at radius 1 is 1.19 bits per heavy atom. The van der Waals surface area contributed by atoms with Gasteiger partial charge in [-0.25, -0.2) is 13.4 Å². The van der Waals surface area contributed by atoms with Crippen LogP contribution in [0.1, 0.15) is 29.8 Å². The molecule has 1 aromatic heterocycles. The second-order valence-corrected chi connectivity index (χ2v) is 9.69. The van der Waals surface area contributed by atoms with Gasteiger partial charge in [0.1, 0.15) is 5.82 Å². The van der Waals surface area contributed by atoms with Crippen LogP contribution in [0.5, 0.6) is 0 Å². The smallest absolute Gasteiger partial charge is 0.341 e. The maximum atomic E-state index is 12.8. The van der Waals surface area contributed by atoms with E-state index in [1.165, 1.54) is 27.5 Å². The molecule has 1 aromatic carbocycles. The molecule has 0 unspecified atom stereocenters. The van der Waals surface area contributed by atoms with Gasteiger partial charge in [-0.2, -0.15) is 17.5 Å². The summed E-state index contributed by atoms with van der Waals surface area (Å²) in [4.78, 5) is 18.3. The molecule has 2 heterocycles. The quantitative estimate of drug-likeness (QED) is 0.691. The fourth-order valence-electron chi connectivity index (χ4n) is 3.59. The third-order valence-corrected chi connectivity index (χ3v) is 7.34. The molecule has 7 nitrogen and oxygen atoms in total. The molecule has 0 bridgehead atoms. The largest absolute Gasteiger partial charge is 0.416 e. The molecule has 1 saturated heterocycles. The van der Waals surface area contributed by atoms with Crippen LogP contribution >= 0.6 is 0 Å². The number of aryl methyl sites for hydroxylation is 2. The first-order valence-electron chi connectivity index (χ1n) is 9.81. The summed E-state index contributed by atoms with van der Waals surface area (Å²) >= 11 is 0. The van der Waals surface area contributed by atoms with Crippen LogP contribution in [0.2, 0.25) is 0 Å². The Hall–Kier alpha value is -2.40. The van der Waals surface area contributed by atoms with Crippen molar-refractivity contribution in [1.82, 2.24) is 18.8 Å². The lowest BCUT2D eigenvalue weighted by molar-refractivity contribution is -0.138. The summed E-state index contributed by atoms with van der Waals surface area (Å²) in [6.45, 7) is 2.32. The lowest BCUT2D eigenvalue weighted by Gasteiger charge is -2.32. The highest BCUT2D eigenvalue weighted by molar-refractivity contribution is 7.89. The minimum atomic E-state index is -4.40. The van der Waals surface area contributed by atoms with Crippen molar-refractivity contribution in [1.29, 1.82) is 0 Å². The van der Waals surface area contributed by atoms with Crippen LogP contribution in [0.15, 0.2) is 35.5 Å². The van der Waals surface area contributed by atoms with Gasteiger partial charge in [-0.15, -0.1) is 0 Å². The van der Waals surface area contributed by atoms with Crippen molar-refractivity contribution in [3.63, 3.8) is 0 Å². The summed E-state index contributed by atoms with van der Waals surface area (Å²) in [5.74, 6) is 0.107. The van der Waals surface area contributed by atoms with E-state index < -0.39 is 21.8 Å². The van der Waals surface area contributed by atoms with E-state index in [9.17, 15) is 26.4 Å². The Morgan fingerprint density at radius 2 is 1.77 bits per heavy atom. The maximum absolute atomic E-state index is 12.8. The number of nitrogens with zero attached hydrogens (tertiary/aromatic N) is 4. The number of sulfonamides is 1. The molecule has 3 rings (SSSR count). The second-order valence-electron chi connectivity index (χ2n) is 7.80. The number of hydrogen-bond acceptors (Lipinski definition) is 4. The van der Waals surface area contributed by atoms with Gasteiger partial charge in [-0.05, 0) is 37.5 Å². The Kier molecular flexibility index (Phi) is 6.47. The van der Waals surface area contributed by atoms with Crippen molar-refractivity contribution < 1.29 is 26.4 Å². The predicted octanol–water partition coefficient (Wildman–Crippen LogP) is 2.81. The molecule has 2 aromatic rings. The van der Waals surface area contributed by atoms with Gasteiger partial charge < -0.3 is 9.47 Å². The minimum Gasteiger partial charge on any atom is -0.341 e. The Balaban J connectivity index is 1.58. The van der Waals surface area contributed by atoms with E-state index in [0.717, 1.165) is 12.1 Å². The SMILES string of the molecule is Cc1nc(S(=O)(=O)N2CCC(C(=O)N(C)Cc3ccc(C(F)(F)F)cc3)CC2)cn1C. The molecule has 1 fully saturated rings. The summed E-state index contributed by atoms with van der Waals surface area (Å²) in [5, 5.41) is -0.00306. The summed E-state index contributed by atoms with van der Waals surface area (Å²) in [5.41, 5.74) is -0.142. The average molecular weight is 459 g/mol. The first-order chi connectivity index (χ1) is 14.4. The average Bonchev–Trinajstić information content (AvgIpc) is 3.06. The van der Waals surface area contributed by atoms with E-state index in [2.05, 4.69) is 4.98 Å². The van der Waals surface area contributed by atoms with Gasteiger partial charge >= 0.3 is 6.18 Å². The number of carbonyl (C=O) groups excluding carboxylic acids is 1. The Bertz CT molecular complexity index is 1020. The van der Waals surface area contributed by atoms with E-state index in [0.29, 0.717) is 24.2 Å². The van der Waals surface area contributed by atoms with Crippen LogP contribution in [0, 0.1) is 12.8 Å².